The molecule has 0 aliphatic carbocycles. The van der Waals surface area contributed by atoms with Gasteiger partial charge in [0.1, 0.15) is 0 Å². The van der Waals surface area contributed by atoms with Gasteiger partial charge in [0.25, 0.3) is 0 Å². The van der Waals surface area contributed by atoms with E-state index in [-0.39, 0.29) is 22.2 Å². The van der Waals surface area contributed by atoms with Crippen molar-refractivity contribution >= 4 is 0 Å². The van der Waals surface area contributed by atoms with Crippen LogP contribution >= 0.6 is 0 Å². The highest BCUT2D eigenvalue weighted by Crippen LogP contribution is 2.43. The lowest BCUT2D eigenvalue weighted by atomic mass is 9.71. The minimum absolute atomic E-state index is 0.273. The number of likely N-dealkylation sites (tertiary alicyclic amines) is 2. The van der Waals surface area contributed by atoms with Crippen LogP contribution in [-0.2, 0) is 12.8 Å². The third-order valence-corrected chi connectivity index (χ3v) is 8.82. The average Bonchev–Trinajstić information content (AvgIpc) is 2.57. The number of benzene rings is 1. The molecule has 2 nitrogen and oxygen atoms in total. The SMILES string of the molecule is CN1C(C)(C)CC(Cc2cccc(CC3CC(C)(C)N(C)C(C)(C)C3)c2)CC1(C)C. The highest BCUT2D eigenvalue weighted by atomic mass is 15.2. The summed E-state index contributed by atoms with van der Waals surface area (Å²) in [5, 5.41) is 0. The van der Waals surface area contributed by atoms with Gasteiger partial charge in [-0.05, 0) is 131 Å². The van der Waals surface area contributed by atoms with Crippen LogP contribution in [0.2, 0.25) is 0 Å². The maximum absolute atomic E-state index is 2.59. The van der Waals surface area contributed by atoms with Gasteiger partial charge in [-0.25, -0.2) is 0 Å². The summed E-state index contributed by atoms with van der Waals surface area (Å²) in [6, 6.07) is 9.56. The lowest BCUT2D eigenvalue weighted by Crippen LogP contribution is -2.58. The van der Waals surface area contributed by atoms with Crippen molar-refractivity contribution in [2.24, 2.45) is 11.8 Å². The van der Waals surface area contributed by atoms with Crippen LogP contribution in [-0.4, -0.2) is 46.1 Å². The smallest absolute Gasteiger partial charge is 0.0158 e. The second kappa shape index (κ2) is 7.93. The molecule has 0 unspecified atom stereocenters. The zero-order chi connectivity index (χ0) is 22.5. The quantitative estimate of drug-likeness (QED) is 0.552. The van der Waals surface area contributed by atoms with Crippen LogP contribution in [0.15, 0.2) is 24.3 Å². The largest absolute Gasteiger partial charge is 0.296 e. The van der Waals surface area contributed by atoms with Gasteiger partial charge in [0.05, 0.1) is 0 Å². The first-order valence-corrected chi connectivity index (χ1v) is 12.2. The molecule has 0 spiro atoms. The summed E-state index contributed by atoms with van der Waals surface area (Å²) in [5.41, 5.74) is 4.18. The summed E-state index contributed by atoms with van der Waals surface area (Å²) >= 11 is 0. The third kappa shape index (κ3) is 4.96. The monoisotopic (exact) mass is 412 g/mol. The molecule has 0 amide bonds. The lowest BCUT2D eigenvalue weighted by Gasteiger charge is -2.54. The van der Waals surface area contributed by atoms with E-state index in [0.717, 1.165) is 11.8 Å². The lowest BCUT2D eigenvalue weighted by molar-refractivity contribution is -0.0297. The van der Waals surface area contributed by atoms with E-state index < -0.39 is 0 Å². The number of piperidine rings is 2. The fourth-order valence-electron chi connectivity index (χ4n) is 7.00. The zero-order valence-electron chi connectivity index (χ0n) is 21.6. The molecular weight excluding hydrogens is 364 g/mol. The molecule has 2 aliphatic rings. The van der Waals surface area contributed by atoms with Crippen molar-refractivity contribution in [3.63, 3.8) is 0 Å². The second-order valence-corrected chi connectivity index (χ2v) is 13.1. The van der Waals surface area contributed by atoms with Crippen molar-refractivity contribution < 1.29 is 0 Å². The molecule has 0 saturated carbocycles. The van der Waals surface area contributed by atoms with Crippen LogP contribution in [0.25, 0.3) is 0 Å². The second-order valence-electron chi connectivity index (χ2n) is 13.1. The van der Waals surface area contributed by atoms with E-state index in [0.29, 0.717) is 0 Å². The molecule has 2 fully saturated rings. The van der Waals surface area contributed by atoms with Gasteiger partial charge in [0.15, 0.2) is 0 Å². The highest BCUT2D eigenvalue weighted by molar-refractivity contribution is 5.25. The van der Waals surface area contributed by atoms with Gasteiger partial charge in [-0.2, -0.15) is 0 Å². The molecule has 3 rings (SSSR count). The Hall–Kier alpha value is -0.860. The fraction of sp³-hybridized carbons (Fsp3) is 0.786. The molecule has 0 N–H and O–H groups in total. The Balaban J connectivity index is 1.70. The molecule has 1 aromatic carbocycles. The van der Waals surface area contributed by atoms with Gasteiger partial charge in [0.2, 0.25) is 0 Å². The molecule has 2 heteroatoms. The first-order chi connectivity index (χ1) is 13.6. The predicted octanol–water partition coefficient (Wildman–Crippen LogP) is 6.57. The number of hydrogen-bond acceptors (Lipinski definition) is 2. The van der Waals surface area contributed by atoms with Crippen molar-refractivity contribution in [1.29, 1.82) is 0 Å². The Kier molecular flexibility index (Phi) is 6.29. The zero-order valence-corrected chi connectivity index (χ0v) is 21.6. The maximum atomic E-state index is 2.59. The Morgan fingerprint density at radius 2 is 0.933 bits per heavy atom. The minimum atomic E-state index is 0.273. The third-order valence-electron chi connectivity index (χ3n) is 8.82. The molecule has 170 valence electrons. The summed E-state index contributed by atoms with van der Waals surface area (Å²) in [5.74, 6) is 1.53. The van der Waals surface area contributed by atoms with Crippen LogP contribution in [0, 0.1) is 11.8 Å². The van der Waals surface area contributed by atoms with Crippen molar-refractivity contribution in [3.8, 4) is 0 Å². The average molecular weight is 413 g/mol. The van der Waals surface area contributed by atoms with Crippen LogP contribution in [0.4, 0.5) is 0 Å². The molecule has 30 heavy (non-hydrogen) atoms. The van der Waals surface area contributed by atoms with Crippen molar-refractivity contribution in [3.05, 3.63) is 35.4 Å². The van der Waals surface area contributed by atoms with Gasteiger partial charge in [-0.1, -0.05) is 24.3 Å². The molecule has 0 bridgehead atoms. The van der Waals surface area contributed by atoms with E-state index in [4.69, 9.17) is 0 Å². The molecular formula is C28H48N2. The van der Waals surface area contributed by atoms with Crippen molar-refractivity contribution in [1.82, 2.24) is 9.80 Å². The Morgan fingerprint density at radius 3 is 1.23 bits per heavy atom. The fourth-order valence-corrected chi connectivity index (χ4v) is 7.00. The van der Waals surface area contributed by atoms with Gasteiger partial charge >= 0.3 is 0 Å². The van der Waals surface area contributed by atoms with Gasteiger partial charge in [-0.15, -0.1) is 0 Å². The normalized spacial score (nSPS) is 27.3. The Bertz CT molecular complexity index is 648. The summed E-state index contributed by atoms with van der Waals surface area (Å²) in [7, 11) is 4.61. The standard InChI is InChI=1S/C28H48N2/c1-25(2)17-23(18-26(3,4)29(25)9)15-21-12-11-13-22(14-21)16-24-19-27(5,6)30(10)28(7,8)20-24/h11-14,23-24H,15-20H2,1-10H3. The van der Waals surface area contributed by atoms with E-state index >= 15 is 0 Å². The van der Waals surface area contributed by atoms with E-state index in [9.17, 15) is 0 Å². The molecule has 2 aliphatic heterocycles. The van der Waals surface area contributed by atoms with Crippen LogP contribution < -0.4 is 0 Å². The summed E-state index contributed by atoms with van der Waals surface area (Å²) in [6.07, 6.45) is 7.59. The van der Waals surface area contributed by atoms with E-state index in [1.54, 1.807) is 11.1 Å². The summed E-state index contributed by atoms with van der Waals surface area (Å²) in [6.45, 7) is 19.3. The van der Waals surface area contributed by atoms with Gasteiger partial charge in [0, 0.05) is 22.2 Å². The van der Waals surface area contributed by atoms with Gasteiger partial charge < -0.3 is 0 Å². The highest BCUT2D eigenvalue weighted by Gasteiger charge is 2.44. The Morgan fingerprint density at radius 1 is 0.633 bits per heavy atom. The number of nitrogens with zero attached hydrogens (tertiary/aromatic N) is 2. The first-order valence-electron chi connectivity index (χ1n) is 12.2. The van der Waals surface area contributed by atoms with E-state index in [1.165, 1.54) is 38.5 Å². The summed E-state index contributed by atoms with van der Waals surface area (Å²) < 4.78 is 0. The van der Waals surface area contributed by atoms with Gasteiger partial charge in [-0.3, -0.25) is 9.80 Å². The van der Waals surface area contributed by atoms with Crippen LogP contribution in [0.5, 0.6) is 0 Å². The van der Waals surface area contributed by atoms with Crippen LogP contribution in [0.1, 0.15) is 92.2 Å². The molecule has 2 heterocycles. The van der Waals surface area contributed by atoms with E-state index in [1.807, 2.05) is 0 Å². The molecule has 0 atom stereocenters. The molecule has 0 aromatic heterocycles. The summed E-state index contributed by atoms with van der Waals surface area (Å²) in [4.78, 5) is 5.19. The first kappa shape index (κ1) is 23.8. The minimum Gasteiger partial charge on any atom is -0.296 e. The molecule has 0 radical (unpaired) electrons. The molecule has 2 saturated heterocycles. The van der Waals surface area contributed by atoms with Crippen LogP contribution in [0.3, 0.4) is 0 Å². The maximum Gasteiger partial charge on any atom is 0.0158 e. The van der Waals surface area contributed by atoms with Crippen molar-refractivity contribution in [2.75, 3.05) is 14.1 Å². The number of hydrogen-bond donors (Lipinski definition) is 0. The van der Waals surface area contributed by atoms with E-state index in [2.05, 4.69) is 104 Å². The topological polar surface area (TPSA) is 6.48 Å². The Labute approximate surface area is 187 Å². The van der Waals surface area contributed by atoms with Crippen molar-refractivity contribution in [2.45, 2.75) is 116 Å². The predicted molar refractivity (Wildman–Crippen MR) is 131 cm³/mol. The molecule has 1 aromatic rings. The number of rotatable bonds is 4.